The molecule has 0 radical (unpaired) electrons. The number of carbonyl (C=O) groups is 1. The number of aryl methyl sites for hydroxylation is 1. The van der Waals surface area contributed by atoms with Crippen LogP contribution in [0.15, 0.2) is 15.4 Å². The first kappa shape index (κ1) is 19.0. The van der Waals surface area contributed by atoms with Crippen LogP contribution in [0.25, 0.3) is 0 Å². The summed E-state index contributed by atoms with van der Waals surface area (Å²) in [6.07, 6.45) is 3.05. The highest BCUT2D eigenvalue weighted by Crippen LogP contribution is 2.26. The average Bonchev–Trinajstić information content (AvgIpc) is 2.95. The van der Waals surface area contributed by atoms with Gasteiger partial charge in [-0.05, 0) is 45.7 Å². The van der Waals surface area contributed by atoms with E-state index in [-0.39, 0.29) is 22.3 Å². The molecule has 0 unspecified atom stereocenters. The minimum Gasteiger partial charge on any atom is -0.455 e. The molecule has 1 N–H and O–H groups in total. The number of piperidine rings is 1. The zero-order valence-electron chi connectivity index (χ0n) is 14.8. The van der Waals surface area contributed by atoms with Gasteiger partial charge in [0.15, 0.2) is 5.76 Å². The third-order valence-corrected chi connectivity index (χ3v) is 6.47. The molecule has 0 aliphatic carbocycles. The van der Waals surface area contributed by atoms with E-state index in [4.69, 9.17) is 4.42 Å². The lowest BCUT2D eigenvalue weighted by atomic mass is 9.93. The molecule has 7 nitrogen and oxygen atoms in total. The van der Waals surface area contributed by atoms with Crippen molar-refractivity contribution in [3.8, 4) is 0 Å². The maximum Gasteiger partial charge on any atom is 0.289 e. The van der Waals surface area contributed by atoms with Crippen LogP contribution in [-0.2, 0) is 10.0 Å². The van der Waals surface area contributed by atoms with Crippen molar-refractivity contribution in [1.29, 1.82) is 0 Å². The topological polar surface area (TPSA) is 82.9 Å². The Morgan fingerprint density at radius 3 is 2.54 bits per heavy atom. The molecule has 1 fully saturated rings. The van der Waals surface area contributed by atoms with Crippen molar-refractivity contribution in [2.75, 3.05) is 40.8 Å². The molecule has 2 heterocycles. The molecule has 2 rings (SSSR count). The predicted molar refractivity (Wildman–Crippen MR) is 91.5 cm³/mol. The number of sulfonamides is 1. The first-order valence-electron chi connectivity index (χ1n) is 8.24. The molecular formula is C16H27N3O4S. The Hall–Kier alpha value is -1.38. The molecule has 1 amide bonds. The number of hydrogen-bond donors (Lipinski definition) is 1. The van der Waals surface area contributed by atoms with Crippen LogP contribution in [-0.4, -0.2) is 64.3 Å². The van der Waals surface area contributed by atoms with E-state index in [1.807, 2.05) is 7.05 Å². The Morgan fingerprint density at radius 2 is 2.00 bits per heavy atom. The Balaban J connectivity index is 2.07. The van der Waals surface area contributed by atoms with E-state index in [1.54, 1.807) is 11.8 Å². The highest BCUT2D eigenvalue weighted by molar-refractivity contribution is 7.89. The van der Waals surface area contributed by atoms with E-state index >= 15 is 0 Å². The second-order valence-corrected chi connectivity index (χ2v) is 8.57. The summed E-state index contributed by atoms with van der Waals surface area (Å²) in [4.78, 5) is 14.4. The van der Waals surface area contributed by atoms with Crippen molar-refractivity contribution in [3.05, 3.63) is 17.6 Å². The van der Waals surface area contributed by atoms with Crippen LogP contribution in [0.2, 0.25) is 0 Å². The largest absolute Gasteiger partial charge is 0.455 e. The van der Waals surface area contributed by atoms with Gasteiger partial charge in [0.1, 0.15) is 10.7 Å². The summed E-state index contributed by atoms with van der Waals surface area (Å²) in [5.74, 6) is 0.743. The van der Waals surface area contributed by atoms with Crippen LogP contribution < -0.4 is 5.32 Å². The summed E-state index contributed by atoms with van der Waals surface area (Å²) >= 11 is 0. The Morgan fingerprint density at radius 1 is 1.38 bits per heavy atom. The maximum absolute atomic E-state index is 12.6. The molecular weight excluding hydrogens is 330 g/mol. The quantitative estimate of drug-likeness (QED) is 0.830. The zero-order valence-corrected chi connectivity index (χ0v) is 15.6. The van der Waals surface area contributed by atoms with E-state index in [0.29, 0.717) is 19.0 Å². The molecule has 0 saturated carbocycles. The molecule has 1 aromatic rings. The first-order chi connectivity index (χ1) is 11.3. The summed E-state index contributed by atoms with van der Waals surface area (Å²) in [6, 6.07) is 1.35. The number of furan rings is 1. The summed E-state index contributed by atoms with van der Waals surface area (Å²) in [6.45, 7) is 3.92. The summed E-state index contributed by atoms with van der Waals surface area (Å²) < 4.78 is 31.1. The normalized spacial score (nSPS) is 16.8. The summed E-state index contributed by atoms with van der Waals surface area (Å²) in [5, 5.41) is 3.15. The minimum atomic E-state index is -3.61. The molecule has 8 heteroatoms. The lowest BCUT2D eigenvalue weighted by molar-refractivity contribution is 0.0653. The Labute approximate surface area is 144 Å². The zero-order chi connectivity index (χ0) is 17.9. The number of likely N-dealkylation sites (tertiary alicyclic amines) is 1. The molecule has 0 spiro atoms. The molecule has 1 aliphatic heterocycles. The minimum absolute atomic E-state index is 0.0553. The number of carbonyl (C=O) groups excluding carboxylic acids is 1. The van der Waals surface area contributed by atoms with Gasteiger partial charge >= 0.3 is 0 Å². The van der Waals surface area contributed by atoms with Crippen molar-refractivity contribution in [1.82, 2.24) is 14.5 Å². The van der Waals surface area contributed by atoms with Crippen molar-refractivity contribution >= 4 is 15.9 Å². The van der Waals surface area contributed by atoms with E-state index in [0.717, 1.165) is 30.1 Å². The van der Waals surface area contributed by atoms with Crippen molar-refractivity contribution in [2.24, 2.45) is 5.92 Å². The molecule has 0 aromatic carbocycles. The summed E-state index contributed by atoms with van der Waals surface area (Å²) in [5.41, 5.74) is 0. The Bertz CT molecular complexity index is 673. The average molecular weight is 357 g/mol. The van der Waals surface area contributed by atoms with Crippen LogP contribution in [0.4, 0.5) is 0 Å². The van der Waals surface area contributed by atoms with Gasteiger partial charge in [0, 0.05) is 33.3 Å². The first-order valence-corrected chi connectivity index (χ1v) is 9.68. The van der Waals surface area contributed by atoms with Gasteiger partial charge in [0.25, 0.3) is 5.91 Å². The number of amides is 1. The molecule has 136 valence electrons. The number of hydrogen-bond acceptors (Lipinski definition) is 5. The fourth-order valence-corrected chi connectivity index (χ4v) is 4.01. The van der Waals surface area contributed by atoms with E-state index in [2.05, 4.69) is 5.32 Å². The Kier molecular flexibility index (Phi) is 6.06. The van der Waals surface area contributed by atoms with Gasteiger partial charge < -0.3 is 14.6 Å². The van der Waals surface area contributed by atoms with Gasteiger partial charge in [-0.2, -0.15) is 0 Å². The predicted octanol–water partition coefficient (Wildman–Crippen LogP) is 1.30. The standard InChI is InChI=1S/C16H27N3O4S/c1-12-15(24(21,22)18(3)4)11-14(23-12)16(20)19-9-6-13(7-10-19)5-8-17-2/h11,13,17H,5-10H2,1-4H3. The van der Waals surface area contributed by atoms with Crippen LogP contribution in [0.1, 0.15) is 35.6 Å². The second-order valence-electron chi connectivity index (χ2n) is 6.45. The highest BCUT2D eigenvalue weighted by atomic mass is 32.2. The number of rotatable bonds is 6. The smallest absolute Gasteiger partial charge is 0.289 e. The molecule has 0 atom stereocenters. The molecule has 24 heavy (non-hydrogen) atoms. The van der Waals surface area contributed by atoms with Gasteiger partial charge in [-0.3, -0.25) is 4.79 Å². The summed E-state index contributed by atoms with van der Waals surface area (Å²) in [7, 11) is 1.25. The van der Waals surface area contributed by atoms with Crippen molar-refractivity contribution < 1.29 is 17.6 Å². The second kappa shape index (κ2) is 7.67. The lowest BCUT2D eigenvalue weighted by Crippen LogP contribution is -2.38. The molecule has 1 aliphatic rings. The number of nitrogens with zero attached hydrogens (tertiary/aromatic N) is 2. The molecule has 1 aromatic heterocycles. The monoisotopic (exact) mass is 357 g/mol. The third kappa shape index (κ3) is 3.99. The van der Waals surface area contributed by atoms with Gasteiger partial charge in [0.05, 0.1) is 0 Å². The SMILES string of the molecule is CNCCC1CCN(C(=O)c2cc(S(=O)(=O)N(C)C)c(C)o2)CC1. The fraction of sp³-hybridized carbons (Fsp3) is 0.688. The number of nitrogens with one attached hydrogen (secondary N) is 1. The van der Waals surface area contributed by atoms with Gasteiger partial charge in [-0.15, -0.1) is 0 Å². The van der Waals surface area contributed by atoms with Crippen molar-refractivity contribution in [2.45, 2.75) is 31.1 Å². The lowest BCUT2D eigenvalue weighted by Gasteiger charge is -2.31. The van der Waals surface area contributed by atoms with Crippen LogP contribution in [0, 0.1) is 12.8 Å². The van der Waals surface area contributed by atoms with Crippen LogP contribution in [0.3, 0.4) is 0 Å². The van der Waals surface area contributed by atoms with E-state index in [9.17, 15) is 13.2 Å². The van der Waals surface area contributed by atoms with Gasteiger partial charge in [0.2, 0.25) is 10.0 Å². The van der Waals surface area contributed by atoms with Crippen LogP contribution in [0.5, 0.6) is 0 Å². The molecule has 1 saturated heterocycles. The van der Waals surface area contributed by atoms with Gasteiger partial charge in [-0.1, -0.05) is 0 Å². The third-order valence-electron chi connectivity index (χ3n) is 4.55. The van der Waals surface area contributed by atoms with E-state index in [1.165, 1.54) is 20.2 Å². The van der Waals surface area contributed by atoms with E-state index < -0.39 is 10.0 Å². The molecule has 0 bridgehead atoms. The maximum atomic E-state index is 12.6. The van der Waals surface area contributed by atoms with Crippen molar-refractivity contribution in [3.63, 3.8) is 0 Å². The van der Waals surface area contributed by atoms with Crippen LogP contribution >= 0.6 is 0 Å². The van der Waals surface area contributed by atoms with Gasteiger partial charge in [-0.25, -0.2) is 12.7 Å². The highest BCUT2D eigenvalue weighted by Gasteiger charge is 2.29. The fourth-order valence-electron chi connectivity index (χ4n) is 2.95.